The number of nitrogens with two attached hydrogens (primary N) is 1. The third-order valence-electron chi connectivity index (χ3n) is 2.64. The Bertz CT molecular complexity index is 390. The molecule has 1 aromatic carbocycles. The van der Waals surface area contributed by atoms with Gasteiger partial charge in [0.05, 0.1) is 14.2 Å². The zero-order valence-corrected chi connectivity index (χ0v) is 10.5. The van der Waals surface area contributed by atoms with E-state index in [2.05, 4.69) is 0 Å². The van der Waals surface area contributed by atoms with E-state index in [1.165, 1.54) is 0 Å². The lowest BCUT2D eigenvalue weighted by atomic mass is 10.0. The fraction of sp³-hybridized carbons (Fsp3) is 0.462. The number of ketones is 1. The van der Waals surface area contributed by atoms with Crippen molar-refractivity contribution in [2.75, 3.05) is 14.2 Å². The van der Waals surface area contributed by atoms with E-state index in [-0.39, 0.29) is 11.8 Å². The van der Waals surface area contributed by atoms with Gasteiger partial charge in [0.1, 0.15) is 5.78 Å². The standard InChI is InChI=1S/C13H19NO3/c1-9(15)4-6-11(14)10-5-7-12(16-2)13(8-10)17-3/h5,7-8,11H,4,6,14H2,1-3H3. The first kappa shape index (κ1) is 13.5. The number of carbonyl (C=O) groups is 1. The molecule has 1 unspecified atom stereocenters. The third-order valence-corrected chi connectivity index (χ3v) is 2.64. The Balaban J connectivity index is 2.80. The quantitative estimate of drug-likeness (QED) is 0.822. The molecular formula is C13H19NO3. The van der Waals surface area contributed by atoms with Gasteiger partial charge in [0.15, 0.2) is 11.5 Å². The lowest BCUT2D eigenvalue weighted by Gasteiger charge is -2.14. The van der Waals surface area contributed by atoms with Crippen LogP contribution in [0.1, 0.15) is 31.4 Å². The molecule has 1 aromatic rings. The van der Waals surface area contributed by atoms with Gasteiger partial charge >= 0.3 is 0 Å². The van der Waals surface area contributed by atoms with Gasteiger partial charge in [-0.15, -0.1) is 0 Å². The van der Waals surface area contributed by atoms with Crippen molar-refractivity contribution in [2.45, 2.75) is 25.8 Å². The first-order valence-corrected chi connectivity index (χ1v) is 5.55. The van der Waals surface area contributed by atoms with E-state index in [1.54, 1.807) is 21.1 Å². The van der Waals surface area contributed by atoms with E-state index in [4.69, 9.17) is 15.2 Å². The second-order valence-corrected chi connectivity index (χ2v) is 3.96. The fourth-order valence-corrected chi connectivity index (χ4v) is 1.61. The number of rotatable bonds is 6. The highest BCUT2D eigenvalue weighted by Gasteiger charge is 2.11. The number of hydrogen-bond donors (Lipinski definition) is 1. The second kappa shape index (κ2) is 6.25. The highest BCUT2D eigenvalue weighted by Crippen LogP contribution is 2.30. The van der Waals surface area contributed by atoms with Gasteiger partial charge in [0.2, 0.25) is 0 Å². The van der Waals surface area contributed by atoms with Crippen molar-refractivity contribution in [3.8, 4) is 11.5 Å². The van der Waals surface area contributed by atoms with Crippen LogP contribution in [0.3, 0.4) is 0 Å². The van der Waals surface area contributed by atoms with Gasteiger partial charge < -0.3 is 20.0 Å². The minimum Gasteiger partial charge on any atom is -0.493 e. The molecule has 0 saturated heterocycles. The molecule has 0 amide bonds. The number of benzene rings is 1. The molecule has 17 heavy (non-hydrogen) atoms. The SMILES string of the molecule is COc1ccc(C(N)CCC(C)=O)cc1OC. The predicted octanol–water partition coefficient (Wildman–Crippen LogP) is 2.07. The van der Waals surface area contributed by atoms with Crippen LogP contribution in [0.2, 0.25) is 0 Å². The maximum Gasteiger partial charge on any atom is 0.161 e. The van der Waals surface area contributed by atoms with Crippen LogP contribution >= 0.6 is 0 Å². The van der Waals surface area contributed by atoms with Gasteiger partial charge in [0, 0.05) is 12.5 Å². The average Bonchev–Trinajstić information content (AvgIpc) is 2.34. The fourth-order valence-electron chi connectivity index (χ4n) is 1.61. The van der Waals surface area contributed by atoms with Crippen LogP contribution in [0.5, 0.6) is 11.5 Å². The maximum absolute atomic E-state index is 10.9. The summed E-state index contributed by atoms with van der Waals surface area (Å²) in [5, 5.41) is 0. The normalized spacial score (nSPS) is 12.0. The van der Waals surface area contributed by atoms with Crippen molar-refractivity contribution >= 4 is 5.78 Å². The molecule has 4 heteroatoms. The van der Waals surface area contributed by atoms with Crippen molar-refractivity contribution in [1.82, 2.24) is 0 Å². The maximum atomic E-state index is 10.9. The Labute approximate surface area is 102 Å². The van der Waals surface area contributed by atoms with Crippen LogP contribution in [0, 0.1) is 0 Å². The lowest BCUT2D eigenvalue weighted by Crippen LogP contribution is -2.11. The summed E-state index contributed by atoms with van der Waals surface area (Å²) < 4.78 is 10.4. The topological polar surface area (TPSA) is 61.5 Å². The molecule has 0 radical (unpaired) electrons. The molecule has 1 atom stereocenters. The summed E-state index contributed by atoms with van der Waals surface area (Å²) in [5.41, 5.74) is 6.96. The van der Waals surface area contributed by atoms with E-state index in [9.17, 15) is 4.79 Å². The van der Waals surface area contributed by atoms with E-state index in [0.29, 0.717) is 24.3 Å². The molecule has 0 saturated carbocycles. The van der Waals surface area contributed by atoms with Gasteiger partial charge in [-0.25, -0.2) is 0 Å². The van der Waals surface area contributed by atoms with Crippen molar-refractivity contribution in [3.05, 3.63) is 23.8 Å². The molecule has 0 aliphatic heterocycles. The predicted molar refractivity (Wildman–Crippen MR) is 66.4 cm³/mol. The molecule has 0 aromatic heterocycles. The molecule has 0 aliphatic rings. The number of Topliss-reactive ketones (excluding diaryl/α,β-unsaturated/α-hetero) is 1. The minimum absolute atomic E-state index is 0.154. The highest BCUT2D eigenvalue weighted by atomic mass is 16.5. The summed E-state index contributed by atoms with van der Waals surface area (Å²) in [6.07, 6.45) is 1.14. The van der Waals surface area contributed by atoms with Crippen molar-refractivity contribution < 1.29 is 14.3 Å². The van der Waals surface area contributed by atoms with Crippen molar-refractivity contribution in [3.63, 3.8) is 0 Å². The van der Waals surface area contributed by atoms with Crippen molar-refractivity contribution in [1.29, 1.82) is 0 Å². The molecule has 1 rings (SSSR count). The Morgan fingerprint density at radius 1 is 1.29 bits per heavy atom. The van der Waals surface area contributed by atoms with E-state index in [0.717, 1.165) is 5.56 Å². The number of methoxy groups -OCH3 is 2. The lowest BCUT2D eigenvalue weighted by molar-refractivity contribution is -0.117. The molecule has 0 spiro atoms. The Kier molecular flexibility index (Phi) is 4.97. The minimum atomic E-state index is -0.154. The summed E-state index contributed by atoms with van der Waals surface area (Å²) in [6, 6.07) is 5.41. The Morgan fingerprint density at radius 2 is 1.94 bits per heavy atom. The van der Waals surface area contributed by atoms with Crippen LogP contribution in [0.4, 0.5) is 0 Å². The summed E-state index contributed by atoms with van der Waals surface area (Å²) in [5.74, 6) is 1.49. The molecule has 0 fully saturated rings. The molecular weight excluding hydrogens is 218 g/mol. The summed E-state index contributed by atoms with van der Waals surface area (Å²) in [7, 11) is 3.18. The molecule has 0 bridgehead atoms. The average molecular weight is 237 g/mol. The third kappa shape index (κ3) is 3.75. The van der Waals surface area contributed by atoms with Gasteiger partial charge in [-0.2, -0.15) is 0 Å². The van der Waals surface area contributed by atoms with Gasteiger partial charge in [0.25, 0.3) is 0 Å². The first-order valence-electron chi connectivity index (χ1n) is 5.55. The van der Waals surface area contributed by atoms with Gasteiger partial charge in [-0.05, 0) is 31.0 Å². The van der Waals surface area contributed by atoms with Crippen molar-refractivity contribution in [2.24, 2.45) is 5.73 Å². The number of carbonyl (C=O) groups excluding carboxylic acids is 1. The van der Waals surface area contributed by atoms with Crippen LogP contribution in [-0.4, -0.2) is 20.0 Å². The zero-order valence-electron chi connectivity index (χ0n) is 10.5. The smallest absolute Gasteiger partial charge is 0.161 e. The Morgan fingerprint density at radius 3 is 2.47 bits per heavy atom. The molecule has 94 valence electrons. The monoisotopic (exact) mass is 237 g/mol. The summed E-state index contributed by atoms with van der Waals surface area (Å²) >= 11 is 0. The number of hydrogen-bond acceptors (Lipinski definition) is 4. The Hall–Kier alpha value is -1.55. The van der Waals surface area contributed by atoms with Crippen LogP contribution in [0.15, 0.2) is 18.2 Å². The molecule has 0 heterocycles. The van der Waals surface area contributed by atoms with Gasteiger partial charge in [-0.1, -0.05) is 6.07 Å². The molecule has 0 aliphatic carbocycles. The molecule has 2 N–H and O–H groups in total. The molecule has 4 nitrogen and oxygen atoms in total. The van der Waals surface area contributed by atoms with Crippen LogP contribution in [-0.2, 0) is 4.79 Å². The van der Waals surface area contributed by atoms with E-state index >= 15 is 0 Å². The second-order valence-electron chi connectivity index (χ2n) is 3.96. The summed E-state index contributed by atoms with van der Waals surface area (Å²) in [4.78, 5) is 10.9. The highest BCUT2D eigenvalue weighted by molar-refractivity contribution is 5.75. The van der Waals surface area contributed by atoms with Crippen LogP contribution < -0.4 is 15.2 Å². The van der Waals surface area contributed by atoms with Crippen LogP contribution in [0.25, 0.3) is 0 Å². The largest absolute Gasteiger partial charge is 0.493 e. The summed E-state index contributed by atoms with van der Waals surface area (Å²) in [6.45, 7) is 1.57. The number of ether oxygens (including phenoxy) is 2. The van der Waals surface area contributed by atoms with E-state index < -0.39 is 0 Å². The first-order chi connectivity index (χ1) is 8.08. The van der Waals surface area contributed by atoms with E-state index in [1.807, 2.05) is 18.2 Å². The van der Waals surface area contributed by atoms with Gasteiger partial charge in [-0.3, -0.25) is 0 Å². The zero-order chi connectivity index (χ0) is 12.8.